The first kappa shape index (κ1) is 26.1. The molecule has 0 saturated heterocycles. The van der Waals surface area contributed by atoms with Crippen molar-refractivity contribution in [1.29, 1.82) is 0 Å². The summed E-state index contributed by atoms with van der Waals surface area (Å²) in [4.78, 5) is 54.4. The van der Waals surface area contributed by atoms with E-state index in [0.717, 1.165) is 31.9 Å². The number of rotatable bonds is 0. The van der Waals surface area contributed by atoms with Gasteiger partial charge in [-0.3, -0.25) is 0 Å². The Bertz CT molecular complexity index is 1290. The second-order valence-electron chi connectivity index (χ2n) is 6.30. The van der Waals surface area contributed by atoms with E-state index in [9.17, 15) is 9.59 Å². The summed E-state index contributed by atoms with van der Waals surface area (Å²) < 4.78 is 11.0. The molecule has 4 rings (SSSR count). The summed E-state index contributed by atoms with van der Waals surface area (Å²) in [5.41, 5.74) is 4.03. The van der Waals surface area contributed by atoms with Crippen LogP contribution in [0, 0.1) is 20.8 Å². The van der Waals surface area contributed by atoms with Gasteiger partial charge < -0.3 is 8.83 Å². The average molecular weight is 501 g/mol. The first-order valence-electron chi connectivity index (χ1n) is 8.86. The summed E-state index contributed by atoms with van der Waals surface area (Å²) in [6.07, 6.45) is 0.500. The van der Waals surface area contributed by atoms with E-state index < -0.39 is 0 Å². The number of halogens is 1. The average Bonchev–Trinajstić information content (AvgIpc) is 2.68. The SMILES string of the molecule is Cc1cc(Br)cc2oc(=O)ccc12.Cc1cc(C)c2ccc(=O)oc2c1.O=C=O.O=C=O. The molecule has 0 aliphatic carbocycles. The Kier molecular flexibility index (Phi) is 10.4. The lowest BCUT2D eigenvalue weighted by Gasteiger charge is -2.01. The number of aryl methyl sites for hydroxylation is 3. The number of hydrogen-bond donors (Lipinski definition) is 0. The third-order valence-corrected chi connectivity index (χ3v) is 4.46. The quantitative estimate of drug-likeness (QED) is 0.330. The van der Waals surface area contributed by atoms with Crippen molar-refractivity contribution in [2.45, 2.75) is 20.8 Å². The summed E-state index contributed by atoms with van der Waals surface area (Å²) in [6, 6.07) is 14.2. The van der Waals surface area contributed by atoms with E-state index in [-0.39, 0.29) is 23.6 Å². The Morgan fingerprint density at radius 3 is 1.53 bits per heavy atom. The van der Waals surface area contributed by atoms with Crippen molar-refractivity contribution in [2.75, 3.05) is 0 Å². The summed E-state index contributed by atoms with van der Waals surface area (Å²) >= 11 is 3.35. The monoisotopic (exact) mass is 500 g/mol. The molecule has 2 aromatic carbocycles. The molecule has 0 spiro atoms. The van der Waals surface area contributed by atoms with Crippen LogP contribution in [0.15, 0.2) is 71.4 Å². The summed E-state index contributed by atoms with van der Waals surface area (Å²) in [5, 5.41) is 1.98. The second kappa shape index (κ2) is 12.7. The molecule has 0 radical (unpaired) electrons. The van der Waals surface area contributed by atoms with Crippen molar-refractivity contribution in [2.24, 2.45) is 0 Å². The lowest BCUT2D eigenvalue weighted by molar-refractivity contribution is -0.193. The van der Waals surface area contributed by atoms with Gasteiger partial charge in [-0.15, -0.1) is 0 Å². The van der Waals surface area contributed by atoms with Gasteiger partial charge in [0, 0.05) is 27.4 Å². The molecule has 164 valence electrons. The van der Waals surface area contributed by atoms with E-state index in [4.69, 9.17) is 28.0 Å². The van der Waals surface area contributed by atoms with Gasteiger partial charge in [0.25, 0.3) is 0 Å². The summed E-state index contributed by atoms with van der Waals surface area (Å²) in [5.74, 6) is 0. The Balaban J connectivity index is 0.000000258. The van der Waals surface area contributed by atoms with Crippen LogP contribution >= 0.6 is 15.9 Å². The van der Waals surface area contributed by atoms with Crippen LogP contribution in [0.1, 0.15) is 16.7 Å². The molecule has 2 aromatic heterocycles. The van der Waals surface area contributed by atoms with Crippen LogP contribution in [0.2, 0.25) is 0 Å². The largest absolute Gasteiger partial charge is 0.423 e. The Morgan fingerprint density at radius 1 is 0.656 bits per heavy atom. The van der Waals surface area contributed by atoms with Crippen molar-refractivity contribution >= 4 is 50.2 Å². The van der Waals surface area contributed by atoms with Gasteiger partial charge in [0.2, 0.25) is 0 Å². The van der Waals surface area contributed by atoms with Crippen LogP contribution < -0.4 is 11.3 Å². The number of fused-ring (bicyclic) bond motifs is 2. The van der Waals surface area contributed by atoms with Crippen LogP contribution in [0.25, 0.3) is 21.9 Å². The molecule has 0 unspecified atom stereocenters. The van der Waals surface area contributed by atoms with Crippen LogP contribution in [-0.4, -0.2) is 12.3 Å². The van der Waals surface area contributed by atoms with Crippen molar-refractivity contribution in [1.82, 2.24) is 0 Å². The molecule has 9 heteroatoms. The Hall–Kier alpha value is -3.90. The molecule has 32 heavy (non-hydrogen) atoms. The molecule has 8 nitrogen and oxygen atoms in total. The fourth-order valence-electron chi connectivity index (χ4n) is 2.85. The Morgan fingerprint density at radius 2 is 1.06 bits per heavy atom. The van der Waals surface area contributed by atoms with Crippen molar-refractivity contribution in [3.05, 3.63) is 90.5 Å². The smallest absolute Gasteiger partial charge is 0.373 e. The molecule has 2 heterocycles. The van der Waals surface area contributed by atoms with Gasteiger partial charge >= 0.3 is 23.6 Å². The van der Waals surface area contributed by atoms with Gasteiger partial charge in [0.05, 0.1) is 0 Å². The van der Waals surface area contributed by atoms with E-state index in [2.05, 4.69) is 22.0 Å². The third-order valence-electron chi connectivity index (χ3n) is 4.00. The normalized spacial score (nSPS) is 9.12. The van der Waals surface area contributed by atoms with Crippen molar-refractivity contribution < 1.29 is 28.0 Å². The van der Waals surface area contributed by atoms with Gasteiger partial charge in [-0.1, -0.05) is 22.0 Å². The molecular weight excluding hydrogens is 484 g/mol. The molecule has 0 fully saturated rings. The third kappa shape index (κ3) is 7.74. The van der Waals surface area contributed by atoms with Gasteiger partial charge in [-0.2, -0.15) is 19.2 Å². The van der Waals surface area contributed by atoms with Gasteiger partial charge in [0.15, 0.2) is 0 Å². The number of hydrogen-bond acceptors (Lipinski definition) is 8. The molecule has 0 atom stereocenters. The first-order chi connectivity index (χ1) is 15.2. The van der Waals surface area contributed by atoms with Crippen molar-refractivity contribution in [3.63, 3.8) is 0 Å². The predicted molar refractivity (Wildman–Crippen MR) is 117 cm³/mol. The maximum Gasteiger partial charge on any atom is 0.373 e. The highest BCUT2D eigenvalue weighted by Gasteiger charge is 2.02. The van der Waals surface area contributed by atoms with Gasteiger partial charge in [0.1, 0.15) is 11.2 Å². The van der Waals surface area contributed by atoms with Gasteiger partial charge in [-0.05, 0) is 67.8 Å². The highest BCUT2D eigenvalue weighted by molar-refractivity contribution is 9.10. The zero-order chi connectivity index (χ0) is 24.3. The first-order valence-corrected chi connectivity index (χ1v) is 9.65. The summed E-state index contributed by atoms with van der Waals surface area (Å²) in [6.45, 7) is 5.97. The highest BCUT2D eigenvalue weighted by atomic mass is 79.9. The van der Waals surface area contributed by atoms with E-state index >= 15 is 0 Å². The minimum atomic E-state index is -0.315. The lowest BCUT2D eigenvalue weighted by atomic mass is 10.1. The van der Waals surface area contributed by atoms with Crippen LogP contribution in [-0.2, 0) is 19.2 Å². The molecule has 0 aliphatic rings. The lowest BCUT2D eigenvalue weighted by Crippen LogP contribution is -1.95. The maximum absolute atomic E-state index is 10.9. The van der Waals surface area contributed by atoms with E-state index in [1.54, 1.807) is 18.2 Å². The zero-order valence-corrected chi connectivity index (χ0v) is 18.8. The molecule has 0 saturated carbocycles. The molecule has 4 aromatic rings. The van der Waals surface area contributed by atoms with Crippen LogP contribution in [0.3, 0.4) is 0 Å². The predicted octanol–water partition coefficient (Wildman–Crippen LogP) is 4.11. The van der Waals surface area contributed by atoms with E-state index in [0.29, 0.717) is 11.2 Å². The minimum Gasteiger partial charge on any atom is -0.423 e. The zero-order valence-electron chi connectivity index (χ0n) is 17.3. The molecule has 0 N–H and O–H groups in total. The molecular formula is C23H17BrO8. The van der Waals surface area contributed by atoms with Gasteiger partial charge in [-0.25, -0.2) is 9.59 Å². The fraction of sp³-hybridized carbons (Fsp3) is 0.130. The molecule has 0 bridgehead atoms. The maximum atomic E-state index is 10.9. The van der Waals surface area contributed by atoms with E-state index in [1.807, 2.05) is 32.9 Å². The minimum absolute atomic E-state index is 0.250. The number of benzene rings is 2. The summed E-state index contributed by atoms with van der Waals surface area (Å²) in [7, 11) is 0. The van der Waals surface area contributed by atoms with Crippen LogP contribution in [0.5, 0.6) is 0 Å². The fourth-order valence-corrected chi connectivity index (χ4v) is 3.40. The Labute approximate surface area is 189 Å². The van der Waals surface area contributed by atoms with Crippen molar-refractivity contribution in [3.8, 4) is 0 Å². The molecule has 0 aliphatic heterocycles. The second-order valence-corrected chi connectivity index (χ2v) is 7.22. The highest BCUT2D eigenvalue weighted by Crippen LogP contribution is 2.22. The topological polar surface area (TPSA) is 129 Å². The molecule has 0 amide bonds. The van der Waals surface area contributed by atoms with Crippen LogP contribution in [0.4, 0.5) is 0 Å². The van der Waals surface area contributed by atoms with E-state index in [1.165, 1.54) is 12.1 Å². The number of carbonyl (C=O) groups excluding carboxylic acids is 4. The standard InChI is InChI=1S/C11H10O2.C10H7BrO2.2CO2/c1-7-5-8(2)9-3-4-11(12)13-10(9)6-7;1-6-4-7(11)5-9-8(6)2-3-10(12)13-9;2*2-1-3/h3-6H,1-2H3;2-5H,1H3;;.